The second-order valence-corrected chi connectivity index (χ2v) is 17.4. The fourth-order valence-electron chi connectivity index (χ4n) is 5.47. The van der Waals surface area contributed by atoms with Gasteiger partial charge in [-0.2, -0.15) is 0 Å². The number of piperidine rings is 1. The SMILES string of the molecule is CC(C)CC[C@H]1CN2CCc3cc(CO)c(O[Si](C)(C)C(C)(C)C)cc3[C@@H]2C[C@@]1(O)CCCF. The Bertz CT molecular complexity index is 838. The fraction of sp³-hybridized carbons (Fsp3) is 0.786. The molecule has 0 saturated carbocycles. The van der Waals surface area contributed by atoms with E-state index in [1.807, 2.05) is 0 Å². The van der Waals surface area contributed by atoms with Crippen LogP contribution in [0, 0.1) is 11.8 Å². The Balaban J connectivity index is 1.96. The molecule has 1 saturated heterocycles. The van der Waals surface area contributed by atoms with E-state index in [1.165, 1.54) is 11.1 Å². The summed E-state index contributed by atoms with van der Waals surface area (Å²) in [5.74, 6) is 1.57. The maximum Gasteiger partial charge on any atom is 0.250 e. The van der Waals surface area contributed by atoms with Crippen molar-refractivity contribution < 1.29 is 19.0 Å². The van der Waals surface area contributed by atoms with E-state index in [4.69, 9.17) is 4.43 Å². The van der Waals surface area contributed by atoms with Crippen molar-refractivity contribution in [3.8, 4) is 5.75 Å². The quantitative estimate of drug-likeness (QED) is 0.391. The lowest BCUT2D eigenvalue weighted by Crippen LogP contribution is -2.55. The van der Waals surface area contributed by atoms with E-state index in [-0.39, 0.29) is 30.3 Å². The van der Waals surface area contributed by atoms with Crippen LogP contribution in [0.25, 0.3) is 0 Å². The van der Waals surface area contributed by atoms with Crippen molar-refractivity contribution in [3.63, 3.8) is 0 Å². The Kier molecular flexibility index (Phi) is 8.59. The first-order chi connectivity index (χ1) is 15.8. The van der Waals surface area contributed by atoms with Crippen LogP contribution >= 0.6 is 0 Å². The molecule has 0 amide bonds. The van der Waals surface area contributed by atoms with Gasteiger partial charge in [0.2, 0.25) is 8.32 Å². The third kappa shape index (κ3) is 5.88. The summed E-state index contributed by atoms with van der Waals surface area (Å²) in [5, 5.41) is 22.0. The summed E-state index contributed by atoms with van der Waals surface area (Å²) in [6.07, 6.45) is 4.59. The summed E-state index contributed by atoms with van der Waals surface area (Å²) in [6, 6.07) is 4.39. The van der Waals surface area contributed by atoms with Crippen LogP contribution in [0.4, 0.5) is 4.39 Å². The molecule has 2 aliphatic rings. The van der Waals surface area contributed by atoms with Crippen LogP contribution in [0.5, 0.6) is 5.75 Å². The third-order valence-electron chi connectivity index (χ3n) is 8.73. The van der Waals surface area contributed by atoms with Gasteiger partial charge in [0.25, 0.3) is 0 Å². The summed E-state index contributed by atoms with van der Waals surface area (Å²) < 4.78 is 19.8. The number of benzene rings is 1. The highest BCUT2D eigenvalue weighted by molar-refractivity contribution is 6.74. The predicted octanol–water partition coefficient (Wildman–Crippen LogP) is 6.40. The second-order valence-electron chi connectivity index (χ2n) is 12.7. The number of nitrogens with zero attached hydrogens (tertiary/aromatic N) is 1. The number of fused-ring (bicyclic) bond motifs is 3. The van der Waals surface area contributed by atoms with E-state index < -0.39 is 13.9 Å². The number of aliphatic hydroxyl groups is 2. The molecule has 0 radical (unpaired) electrons. The maximum absolute atomic E-state index is 13.2. The van der Waals surface area contributed by atoms with Gasteiger partial charge in [-0.3, -0.25) is 9.29 Å². The van der Waals surface area contributed by atoms with Crippen molar-refractivity contribution in [2.45, 2.75) is 110 Å². The molecule has 0 aliphatic carbocycles. The van der Waals surface area contributed by atoms with E-state index in [0.29, 0.717) is 25.2 Å². The summed E-state index contributed by atoms with van der Waals surface area (Å²) in [6.45, 7) is 17.0. The van der Waals surface area contributed by atoms with Crippen LogP contribution in [0.3, 0.4) is 0 Å². The monoisotopic (exact) mass is 493 g/mol. The van der Waals surface area contributed by atoms with Crippen molar-refractivity contribution in [2.24, 2.45) is 11.8 Å². The van der Waals surface area contributed by atoms with Gasteiger partial charge in [-0.15, -0.1) is 0 Å². The molecular formula is C28H48FNO3Si. The average molecular weight is 494 g/mol. The molecule has 0 spiro atoms. The van der Waals surface area contributed by atoms with E-state index in [1.54, 1.807) is 0 Å². The van der Waals surface area contributed by atoms with Gasteiger partial charge < -0.3 is 14.6 Å². The second kappa shape index (κ2) is 10.6. The van der Waals surface area contributed by atoms with E-state index in [2.05, 4.69) is 64.7 Å². The number of alkyl halides is 1. The Labute approximate surface area is 208 Å². The molecule has 0 aromatic heterocycles. The Hall–Kier alpha value is -0.953. The average Bonchev–Trinajstić information content (AvgIpc) is 2.75. The molecular weight excluding hydrogens is 445 g/mol. The highest BCUT2D eigenvalue weighted by Gasteiger charge is 2.47. The molecule has 0 bridgehead atoms. The van der Waals surface area contributed by atoms with Gasteiger partial charge in [-0.1, -0.05) is 41.0 Å². The number of halogens is 1. The normalized spacial score (nSPS) is 25.9. The highest BCUT2D eigenvalue weighted by Crippen LogP contribution is 2.48. The Morgan fingerprint density at radius 2 is 1.97 bits per heavy atom. The summed E-state index contributed by atoms with van der Waals surface area (Å²) in [4.78, 5) is 2.53. The van der Waals surface area contributed by atoms with Crippen molar-refractivity contribution in [2.75, 3.05) is 19.8 Å². The molecule has 194 valence electrons. The standard InChI is InChI=1S/C28H48FNO3Si/c1-20(2)9-10-23-18-30-14-11-21-15-22(19-31)26(33-34(6,7)27(3,4)5)16-24(21)25(30)17-28(23,32)12-8-13-29/h15-16,20,23,25,31-32H,8-14,17-19H2,1-7H3/t23-,25-,28-/m0/s1. The fourth-order valence-corrected chi connectivity index (χ4v) is 6.51. The van der Waals surface area contributed by atoms with Gasteiger partial charge in [0, 0.05) is 30.6 Å². The molecule has 3 atom stereocenters. The van der Waals surface area contributed by atoms with E-state index >= 15 is 0 Å². The summed E-state index contributed by atoms with van der Waals surface area (Å²) in [7, 11) is -2.08. The number of hydrogen-bond donors (Lipinski definition) is 2. The van der Waals surface area contributed by atoms with Crippen molar-refractivity contribution in [3.05, 3.63) is 28.8 Å². The molecule has 2 heterocycles. The van der Waals surface area contributed by atoms with Crippen LogP contribution in [-0.2, 0) is 13.0 Å². The van der Waals surface area contributed by atoms with Gasteiger partial charge >= 0.3 is 0 Å². The van der Waals surface area contributed by atoms with Crippen LogP contribution in [-0.4, -0.2) is 48.8 Å². The zero-order valence-electron chi connectivity index (χ0n) is 22.6. The molecule has 3 rings (SSSR count). The zero-order valence-corrected chi connectivity index (χ0v) is 23.6. The summed E-state index contributed by atoms with van der Waals surface area (Å²) in [5.41, 5.74) is 2.49. The van der Waals surface area contributed by atoms with Crippen LogP contribution in [0.1, 0.15) is 89.5 Å². The molecule has 6 heteroatoms. The van der Waals surface area contributed by atoms with Gasteiger partial charge in [-0.25, -0.2) is 0 Å². The number of hydrogen-bond acceptors (Lipinski definition) is 4. The van der Waals surface area contributed by atoms with Crippen LogP contribution in [0.2, 0.25) is 18.1 Å². The smallest absolute Gasteiger partial charge is 0.250 e. The maximum atomic E-state index is 13.2. The lowest BCUT2D eigenvalue weighted by atomic mass is 9.70. The van der Waals surface area contributed by atoms with Gasteiger partial charge in [0.05, 0.1) is 18.9 Å². The van der Waals surface area contributed by atoms with Gasteiger partial charge in [0.15, 0.2) is 0 Å². The van der Waals surface area contributed by atoms with Gasteiger partial charge in [-0.05, 0) is 79.4 Å². The third-order valence-corrected chi connectivity index (χ3v) is 13.1. The molecule has 4 nitrogen and oxygen atoms in total. The molecule has 2 N–H and O–H groups in total. The van der Waals surface area contributed by atoms with Crippen molar-refractivity contribution in [1.29, 1.82) is 0 Å². The largest absolute Gasteiger partial charge is 0.543 e. The first-order valence-corrected chi connectivity index (χ1v) is 16.2. The zero-order chi connectivity index (χ0) is 25.3. The summed E-state index contributed by atoms with van der Waals surface area (Å²) >= 11 is 0. The first kappa shape index (κ1) is 27.6. The van der Waals surface area contributed by atoms with Crippen LogP contribution < -0.4 is 4.43 Å². The molecule has 34 heavy (non-hydrogen) atoms. The minimum absolute atomic E-state index is 0.0384. The Morgan fingerprint density at radius 3 is 2.56 bits per heavy atom. The molecule has 2 aliphatic heterocycles. The molecule has 0 unspecified atom stereocenters. The topological polar surface area (TPSA) is 52.9 Å². The molecule has 1 aromatic rings. The number of aliphatic hydroxyl groups excluding tert-OH is 1. The van der Waals surface area contributed by atoms with Crippen molar-refractivity contribution in [1.82, 2.24) is 4.90 Å². The lowest BCUT2D eigenvalue weighted by Gasteiger charge is -2.52. The number of rotatable bonds is 9. The van der Waals surface area contributed by atoms with Crippen molar-refractivity contribution >= 4 is 8.32 Å². The first-order valence-electron chi connectivity index (χ1n) is 13.3. The predicted molar refractivity (Wildman–Crippen MR) is 141 cm³/mol. The molecule has 1 fully saturated rings. The van der Waals surface area contributed by atoms with Gasteiger partial charge in [0.1, 0.15) is 5.75 Å². The lowest BCUT2D eigenvalue weighted by molar-refractivity contribution is -0.108. The van der Waals surface area contributed by atoms with E-state index in [9.17, 15) is 14.6 Å². The minimum Gasteiger partial charge on any atom is -0.543 e. The minimum atomic E-state index is -2.08. The molecule has 1 aromatic carbocycles. The van der Waals surface area contributed by atoms with E-state index in [0.717, 1.165) is 43.7 Å². The van der Waals surface area contributed by atoms with Crippen LogP contribution in [0.15, 0.2) is 12.1 Å². The Morgan fingerprint density at radius 1 is 1.26 bits per heavy atom. The highest BCUT2D eigenvalue weighted by atomic mass is 28.4.